The number of rotatable bonds is 4. The van der Waals surface area contributed by atoms with Crippen molar-refractivity contribution in [3.63, 3.8) is 0 Å². The van der Waals surface area contributed by atoms with Gasteiger partial charge in [0.2, 0.25) is 11.7 Å². The molecule has 0 saturated carbocycles. The number of nitrogens with zero attached hydrogens (tertiary/aromatic N) is 3. The van der Waals surface area contributed by atoms with Gasteiger partial charge in [-0.2, -0.15) is 0 Å². The molecule has 0 bridgehead atoms. The number of benzene rings is 2. The lowest BCUT2D eigenvalue weighted by Gasteiger charge is -2.24. The van der Waals surface area contributed by atoms with Crippen molar-refractivity contribution >= 4 is 40.0 Å². The Morgan fingerprint density at radius 3 is 2.53 bits per heavy atom. The van der Waals surface area contributed by atoms with Crippen LogP contribution in [0.25, 0.3) is 11.0 Å². The fraction of sp³-hybridized carbons (Fsp3) is 0.130. The maximum absolute atomic E-state index is 14.9. The molecular formula is C23H17FN4O3S. The highest BCUT2D eigenvalue weighted by molar-refractivity contribution is 7.14. The molecule has 0 aliphatic carbocycles. The number of thiazole rings is 1. The minimum absolute atomic E-state index is 0.0765. The lowest BCUT2D eigenvalue weighted by Crippen LogP contribution is -2.32. The summed E-state index contributed by atoms with van der Waals surface area (Å²) in [6.07, 6.45) is 0. The highest BCUT2D eigenvalue weighted by atomic mass is 32.1. The lowest BCUT2D eigenvalue weighted by atomic mass is 9.95. The number of para-hydroxylation sites is 2. The number of imidazole rings is 1. The van der Waals surface area contributed by atoms with Crippen molar-refractivity contribution in [2.45, 2.75) is 19.9 Å². The Kier molecular flexibility index (Phi) is 4.63. The molecule has 5 rings (SSSR count). The van der Waals surface area contributed by atoms with Crippen molar-refractivity contribution in [3.05, 3.63) is 86.8 Å². The van der Waals surface area contributed by atoms with Gasteiger partial charge in [-0.25, -0.2) is 14.4 Å². The fourth-order valence-corrected chi connectivity index (χ4v) is 4.84. The van der Waals surface area contributed by atoms with Gasteiger partial charge in [-0.3, -0.25) is 14.5 Å². The van der Waals surface area contributed by atoms with Gasteiger partial charge in [-0.1, -0.05) is 30.3 Å². The molecule has 1 aliphatic rings. The van der Waals surface area contributed by atoms with E-state index < -0.39 is 29.3 Å². The minimum atomic E-state index is -1.20. The van der Waals surface area contributed by atoms with Gasteiger partial charge in [0.05, 0.1) is 32.2 Å². The smallest absolute Gasteiger partial charge is 0.296 e. The number of aryl methyl sites for hydroxylation is 2. The number of hydrogen-bond acceptors (Lipinski definition) is 6. The van der Waals surface area contributed by atoms with Crippen LogP contribution in [-0.2, 0) is 4.79 Å². The molecular weight excluding hydrogens is 431 g/mol. The molecule has 0 radical (unpaired) electrons. The summed E-state index contributed by atoms with van der Waals surface area (Å²) in [7, 11) is 0. The predicted octanol–water partition coefficient (Wildman–Crippen LogP) is 4.56. The molecule has 3 heterocycles. The highest BCUT2D eigenvalue weighted by Gasteiger charge is 2.47. The van der Waals surface area contributed by atoms with Gasteiger partial charge < -0.3 is 10.1 Å². The van der Waals surface area contributed by atoms with Crippen LogP contribution < -0.4 is 4.90 Å². The molecule has 4 aromatic rings. The van der Waals surface area contributed by atoms with Gasteiger partial charge in [-0.05, 0) is 32.0 Å². The first-order valence-corrected chi connectivity index (χ1v) is 10.6. The quantitative estimate of drug-likeness (QED) is 0.446. The largest absolute Gasteiger partial charge is 0.503 e. The average molecular weight is 448 g/mol. The summed E-state index contributed by atoms with van der Waals surface area (Å²) in [6, 6.07) is 11.8. The van der Waals surface area contributed by atoms with Crippen LogP contribution in [-0.4, -0.2) is 31.7 Å². The molecule has 0 saturated heterocycles. The number of fused-ring (bicyclic) bond motifs is 1. The maximum Gasteiger partial charge on any atom is 0.296 e. The van der Waals surface area contributed by atoms with E-state index in [1.165, 1.54) is 18.2 Å². The molecule has 1 aliphatic heterocycles. The fourth-order valence-electron chi connectivity index (χ4n) is 3.96. The van der Waals surface area contributed by atoms with Crippen molar-refractivity contribution in [1.82, 2.24) is 15.0 Å². The van der Waals surface area contributed by atoms with E-state index in [1.54, 1.807) is 38.1 Å². The van der Waals surface area contributed by atoms with Crippen LogP contribution in [0.15, 0.2) is 59.9 Å². The molecule has 32 heavy (non-hydrogen) atoms. The number of carbonyl (C=O) groups excluding carboxylic acids is 2. The number of Topliss-reactive ketones (excluding diaryl/α,β-unsaturated/α-hetero) is 1. The van der Waals surface area contributed by atoms with Crippen LogP contribution in [0, 0.1) is 19.7 Å². The number of aliphatic hydroxyl groups is 1. The van der Waals surface area contributed by atoms with E-state index in [4.69, 9.17) is 0 Å². The van der Waals surface area contributed by atoms with Crippen LogP contribution in [0.4, 0.5) is 10.3 Å². The zero-order valence-corrected chi connectivity index (χ0v) is 17.9. The number of aromatic nitrogens is 3. The molecule has 9 heteroatoms. The third-order valence-electron chi connectivity index (χ3n) is 5.37. The van der Waals surface area contributed by atoms with Crippen molar-refractivity contribution in [1.29, 1.82) is 0 Å². The van der Waals surface area contributed by atoms with E-state index in [-0.39, 0.29) is 17.1 Å². The summed E-state index contributed by atoms with van der Waals surface area (Å²) >= 11 is 1.16. The number of carbonyl (C=O) groups is 2. The number of hydrogen-bond donors (Lipinski definition) is 2. The molecule has 1 atom stereocenters. The molecule has 0 spiro atoms. The summed E-state index contributed by atoms with van der Waals surface area (Å²) in [5.41, 5.74) is 1.62. The second-order valence-corrected chi connectivity index (χ2v) is 8.62. The Morgan fingerprint density at radius 1 is 1.12 bits per heavy atom. The zero-order chi connectivity index (χ0) is 22.6. The molecule has 1 unspecified atom stereocenters. The van der Waals surface area contributed by atoms with Gasteiger partial charge in [0.25, 0.3) is 5.91 Å². The summed E-state index contributed by atoms with van der Waals surface area (Å²) in [6.45, 7) is 3.44. The number of amides is 1. The zero-order valence-electron chi connectivity index (χ0n) is 17.1. The monoisotopic (exact) mass is 448 g/mol. The van der Waals surface area contributed by atoms with E-state index >= 15 is 0 Å². The highest BCUT2D eigenvalue weighted by Crippen LogP contribution is 2.43. The van der Waals surface area contributed by atoms with Crippen molar-refractivity contribution in [2.24, 2.45) is 0 Å². The molecule has 7 nitrogen and oxygen atoms in total. The van der Waals surface area contributed by atoms with E-state index in [1.807, 2.05) is 6.07 Å². The van der Waals surface area contributed by atoms with Gasteiger partial charge in [-0.15, -0.1) is 11.3 Å². The van der Waals surface area contributed by atoms with Crippen LogP contribution in [0.3, 0.4) is 0 Å². The van der Waals surface area contributed by atoms with Gasteiger partial charge in [0.15, 0.2) is 5.76 Å². The van der Waals surface area contributed by atoms with Crippen LogP contribution in [0.2, 0.25) is 0 Å². The minimum Gasteiger partial charge on any atom is -0.503 e. The standard InChI is InChI=1S/C23H17FN4O3S/c1-11-21(32-12(2)25-11)19(29)17-18(13-7-3-4-8-14(13)24)28(22(31)20(17)30)23-26-15-9-5-6-10-16(15)27-23/h3-10,18,30H,1-2H3,(H,26,27). The number of nitrogens with one attached hydrogen (secondary N) is 1. The number of H-pyrrole nitrogens is 1. The summed E-state index contributed by atoms with van der Waals surface area (Å²) in [4.78, 5) is 39.9. The molecule has 160 valence electrons. The summed E-state index contributed by atoms with van der Waals surface area (Å²) in [5, 5.41) is 11.5. The van der Waals surface area contributed by atoms with E-state index in [0.29, 0.717) is 26.6 Å². The van der Waals surface area contributed by atoms with Crippen molar-refractivity contribution in [3.8, 4) is 0 Å². The average Bonchev–Trinajstić information content (AvgIpc) is 3.41. The summed E-state index contributed by atoms with van der Waals surface area (Å²) in [5.74, 6) is -2.63. The van der Waals surface area contributed by atoms with Crippen LogP contribution in [0.5, 0.6) is 0 Å². The molecule has 2 aromatic heterocycles. The Balaban J connectivity index is 1.71. The van der Waals surface area contributed by atoms with E-state index in [9.17, 15) is 19.1 Å². The second-order valence-electron chi connectivity index (χ2n) is 7.42. The van der Waals surface area contributed by atoms with Gasteiger partial charge in [0, 0.05) is 5.56 Å². The molecule has 2 N–H and O–H groups in total. The maximum atomic E-state index is 14.9. The van der Waals surface area contributed by atoms with Crippen LogP contribution >= 0.6 is 11.3 Å². The Labute approximate surface area is 185 Å². The SMILES string of the molecule is Cc1nc(C)c(C(=O)C2=C(O)C(=O)N(c3nc4ccccc4[nH]3)C2c2ccccc2F)s1. The number of ketones is 1. The first-order valence-electron chi connectivity index (χ1n) is 9.81. The Bertz CT molecular complexity index is 1410. The van der Waals surface area contributed by atoms with E-state index in [2.05, 4.69) is 15.0 Å². The Morgan fingerprint density at radius 2 is 1.84 bits per heavy atom. The topological polar surface area (TPSA) is 99.2 Å². The number of anilines is 1. The third-order valence-corrected chi connectivity index (χ3v) is 6.44. The predicted molar refractivity (Wildman–Crippen MR) is 118 cm³/mol. The van der Waals surface area contributed by atoms with E-state index in [0.717, 1.165) is 16.2 Å². The number of aliphatic hydroxyl groups excluding tert-OH is 1. The number of aromatic amines is 1. The summed E-state index contributed by atoms with van der Waals surface area (Å²) < 4.78 is 14.9. The lowest BCUT2D eigenvalue weighted by molar-refractivity contribution is -0.117. The van der Waals surface area contributed by atoms with Crippen molar-refractivity contribution in [2.75, 3.05) is 4.90 Å². The number of halogens is 1. The van der Waals surface area contributed by atoms with Crippen LogP contribution in [0.1, 0.15) is 32.0 Å². The first-order chi connectivity index (χ1) is 15.4. The molecule has 2 aromatic carbocycles. The first kappa shape index (κ1) is 20.1. The normalized spacial score (nSPS) is 16.4. The molecule has 0 fully saturated rings. The second kappa shape index (κ2) is 7.38. The Hall–Kier alpha value is -3.85. The third kappa shape index (κ3) is 3.01. The van der Waals surface area contributed by atoms with Crippen molar-refractivity contribution < 1.29 is 19.1 Å². The van der Waals surface area contributed by atoms with Gasteiger partial charge in [0.1, 0.15) is 11.9 Å². The van der Waals surface area contributed by atoms with Gasteiger partial charge >= 0.3 is 0 Å². The molecule has 1 amide bonds.